The van der Waals surface area contributed by atoms with Crippen molar-refractivity contribution in [1.29, 1.82) is 0 Å². The van der Waals surface area contributed by atoms with Gasteiger partial charge in [0.05, 0.1) is 6.61 Å². The summed E-state index contributed by atoms with van der Waals surface area (Å²) >= 11 is 0.850. The summed E-state index contributed by atoms with van der Waals surface area (Å²) in [5.41, 5.74) is 0. The zero-order chi connectivity index (χ0) is 6.24. The van der Waals surface area contributed by atoms with Crippen LogP contribution in [0.5, 0.6) is 0 Å². The quantitative estimate of drug-likeness (QED) is 0.461. The van der Waals surface area contributed by atoms with Gasteiger partial charge in [-0.3, -0.25) is 0 Å². The molecule has 0 atom stereocenters. The summed E-state index contributed by atoms with van der Waals surface area (Å²) in [6.45, 7) is 0.0239. The Morgan fingerprint density at radius 3 is 2.50 bits per heavy atom. The molecular formula is C5H11O2S. The molecule has 0 aliphatic heterocycles. The molecule has 0 saturated carbocycles. The van der Waals surface area contributed by atoms with Gasteiger partial charge in [0.15, 0.2) is 0 Å². The van der Waals surface area contributed by atoms with Crippen molar-refractivity contribution >= 4 is 12.0 Å². The van der Waals surface area contributed by atoms with Crippen molar-refractivity contribution in [2.75, 3.05) is 12.4 Å². The normalized spacial score (nSPS) is 9.75. The van der Waals surface area contributed by atoms with Gasteiger partial charge in [0, 0.05) is 5.75 Å². The van der Waals surface area contributed by atoms with Crippen LogP contribution in [0.1, 0.15) is 19.3 Å². The van der Waals surface area contributed by atoms with Gasteiger partial charge in [-0.2, -0.15) is 0 Å². The smallest absolute Gasteiger partial charge is 0.0822 e. The number of hydrogen-bond donors (Lipinski definition) is 1. The highest BCUT2D eigenvalue weighted by molar-refractivity contribution is 7.93. The lowest BCUT2D eigenvalue weighted by atomic mass is 10.3. The van der Waals surface area contributed by atoms with Crippen LogP contribution < -0.4 is 0 Å². The molecule has 0 amide bonds. The fourth-order valence-electron chi connectivity index (χ4n) is 0.445. The molecule has 0 rings (SSSR count). The number of hydrogen-bond acceptors (Lipinski definition) is 2. The molecule has 1 N–H and O–H groups in total. The first-order chi connectivity index (χ1) is 3.91. The van der Waals surface area contributed by atoms with Gasteiger partial charge < -0.3 is 4.55 Å². The average molecular weight is 135 g/mol. The van der Waals surface area contributed by atoms with Crippen LogP contribution in [-0.2, 0) is 5.11 Å². The van der Waals surface area contributed by atoms with Crippen LogP contribution in [-0.4, -0.2) is 16.9 Å². The molecular weight excluding hydrogens is 124 g/mol. The minimum absolute atomic E-state index is 0.0239. The molecule has 0 spiro atoms. The van der Waals surface area contributed by atoms with Crippen LogP contribution >= 0.6 is 12.0 Å². The summed E-state index contributed by atoms with van der Waals surface area (Å²) in [5.74, 6) is 0.764. The molecule has 0 aromatic heterocycles. The van der Waals surface area contributed by atoms with E-state index in [1.54, 1.807) is 0 Å². The minimum atomic E-state index is 0.0239. The highest BCUT2D eigenvalue weighted by Crippen LogP contribution is 2.00. The predicted octanol–water partition coefficient (Wildman–Crippen LogP) is 1.79. The van der Waals surface area contributed by atoms with Crippen molar-refractivity contribution in [1.82, 2.24) is 0 Å². The highest BCUT2D eigenvalue weighted by atomic mass is 32.2. The van der Waals surface area contributed by atoms with Crippen LogP contribution in [0.15, 0.2) is 0 Å². The van der Waals surface area contributed by atoms with E-state index in [1.165, 1.54) is 0 Å². The van der Waals surface area contributed by atoms with Crippen molar-refractivity contribution in [2.24, 2.45) is 0 Å². The maximum absolute atomic E-state index is 9.82. The van der Waals surface area contributed by atoms with Gasteiger partial charge in [-0.25, -0.2) is 5.11 Å². The Kier molecular flexibility index (Phi) is 7.52. The second-order valence-electron chi connectivity index (χ2n) is 1.60. The fourth-order valence-corrected chi connectivity index (χ4v) is 0.779. The molecule has 3 heteroatoms. The van der Waals surface area contributed by atoms with Crippen LogP contribution in [0.2, 0.25) is 0 Å². The Bertz CT molecular complexity index is 35.4. The van der Waals surface area contributed by atoms with E-state index in [2.05, 4.69) is 0 Å². The van der Waals surface area contributed by atoms with Gasteiger partial charge >= 0.3 is 0 Å². The molecule has 0 saturated heterocycles. The van der Waals surface area contributed by atoms with Crippen molar-refractivity contribution in [3.05, 3.63) is 0 Å². The highest BCUT2D eigenvalue weighted by Gasteiger charge is 1.86. The third-order valence-electron chi connectivity index (χ3n) is 0.880. The third kappa shape index (κ3) is 6.27. The van der Waals surface area contributed by atoms with Gasteiger partial charge in [-0.1, -0.05) is 6.42 Å². The first kappa shape index (κ1) is 8.27. The van der Waals surface area contributed by atoms with E-state index in [1.807, 2.05) is 0 Å². The number of rotatable bonds is 5. The Morgan fingerprint density at radius 2 is 2.00 bits per heavy atom. The lowest BCUT2D eigenvalue weighted by Gasteiger charge is -1.91. The van der Waals surface area contributed by atoms with Crippen LogP contribution in [0.4, 0.5) is 0 Å². The first-order valence-corrected chi connectivity index (χ1v) is 3.70. The summed E-state index contributed by atoms with van der Waals surface area (Å²) in [7, 11) is 0. The molecule has 8 heavy (non-hydrogen) atoms. The van der Waals surface area contributed by atoms with E-state index in [0.29, 0.717) is 0 Å². The topological polar surface area (TPSA) is 40.1 Å². The largest absolute Gasteiger partial charge is 0.330 e. The van der Waals surface area contributed by atoms with E-state index in [-0.39, 0.29) is 6.61 Å². The molecule has 0 unspecified atom stereocenters. The second kappa shape index (κ2) is 7.27. The lowest BCUT2D eigenvalue weighted by Crippen LogP contribution is -1.82. The Hall–Kier alpha value is 0.270. The van der Waals surface area contributed by atoms with Crippen LogP contribution in [0, 0.1) is 0 Å². The van der Waals surface area contributed by atoms with Crippen LogP contribution in [0.3, 0.4) is 0 Å². The summed E-state index contributed by atoms with van der Waals surface area (Å²) in [5, 5.41) is 9.82. The molecule has 0 aromatic carbocycles. The third-order valence-corrected chi connectivity index (χ3v) is 1.35. The SMILES string of the molecule is [O]CCCCCSO. The Balaban J connectivity index is 2.53. The summed E-state index contributed by atoms with van der Waals surface area (Å²) < 4.78 is 8.20. The molecule has 0 bridgehead atoms. The standard InChI is InChI=1S/C5H11O2S/c6-4-2-1-3-5-8-7/h7H,1-5H2. The van der Waals surface area contributed by atoms with Crippen molar-refractivity contribution in [3.63, 3.8) is 0 Å². The summed E-state index contributed by atoms with van der Waals surface area (Å²) in [6.07, 6.45) is 2.67. The Morgan fingerprint density at radius 1 is 1.25 bits per heavy atom. The number of unbranched alkanes of at least 4 members (excludes halogenated alkanes) is 2. The summed E-state index contributed by atoms with van der Waals surface area (Å²) in [6, 6.07) is 0. The van der Waals surface area contributed by atoms with Crippen molar-refractivity contribution in [2.45, 2.75) is 19.3 Å². The lowest BCUT2D eigenvalue weighted by molar-refractivity contribution is 0.186. The minimum Gasteiger partial charge on any atom is -0.330 e. The van der Waals surface area contributed by atoms with Crippen molar-refractivity contribution < 1.29 is 9.66 Å². The monoisotopic (exact) mass is 135 g/mol. The van der Waals surface area contributed by atoms with Gasteiger partial charge in [0.25, 0.3) is 0 Å². The maximum atomic E-state index is 9.82. The second-order valence-corrected chi connectivity index (χ2v) is 2.26. The van der Waals surface area contributed by atoms with Gasteiger partial charge in [-0.05, 0) is 24.9 Å². The molecule has 0 aliphatic carbocycles. The molecule has 0 fully saturated rings. The van der Waals surface area contributed by atoms with E-state index < -0.39 is 0 Å². The zero-order valence-corrected chi connectivity index (χ0v) is 5.62. The molecule has 0 heterocycles. The molecule has 1 radical (unpaired) electrons. The average Bonchev–Trinajstić information content (AvgIpc) is 1.81. The maximum Gasteiger partial charge on any atom is 0.0822 e. The first-order valence-electron chi connectivity index (χ1n) is 2.76. The van der Waals surface area contributed by atoms with E-state index in [9.17, 15) is 5.11 Å². The predicted molar refractivity (Wildman–Crippen MR) is 34.5 cm³/mol. The summed E-state index contributed by atoms with van der Waals surface area (Å²) in [4.78, 5) is 0. The van der Waals surface area contributed by atoms with Crippen molar-refractivity contribution in [3.8, 4) is 0 Å². The molecule has 2 nitrogen and oxygen atoms in total. The molecule has 0 aromatic rings. The van der Waals surface area contributed by atoms with Crippen LogP contribution in [0.25, 0.3) is 0 Å². The van der Waals surface area contributed by atoms with E-state index >= 15 is 0 Å². The molecule has 0 aliphatic rings. The Labute approximate surface area is 54.1 Å². The van der Waals surface area contributed by atoms with E-state index in [0.717, 1.165) is 37.1 Å². The van der Waals surface area contributed by atoms with Gasteiger partial charge in [-0.15, -0.1) is 0 Å². The van der Waals surface area contributed by atoms with Gasteiger partial charge in [0.2, 0.25) is 0 Å². The van der Waals surface area contributed by atoms with E-state index in [4.69, 9.17) is 4.55 Å². The van der Waals surface area contributed by atoms with Gasteiger partial charge in [0.1, 0.15) is 0 Å². The molecule has 49 valence electrons. The zero-order valence-electron chi connectivity index (χ0n) is 4.80. The fraction of sp³-hybridized carbons (Fsp3) is 1.00.